The highest BCUT2D eigenvalue weighted by Gasteiger charge is 2.39. The Balaban J connectivity index is 2.40. The zero-order valence-electron chi connectivity index (χ0n) is 13.7. The molecule has 122 valence electrons. The first-order valence-corrected chi connectivity index (χ1v) is 7.48. The van der Waals surface area contributed by atoms with E-state index in [4.69, 9.17) is 9.84 Å². The van der Waals surface area contributed by atoms with E-state index in [2.05, 4.69) is 5.32 Å². The second-order valence-electron chi connectivity index (χ2n) is 7.09. The minimum atomic E-state index is -0.794. The van der Waals surface area contributed by atoms with Crippen molar-refractivity contribution < 1.29 is 19.4 Å². The van der Waals surface area contributed by atoms with Gasteiger partial charge in [-0.05, 0) is 40.5 Å². The van der Waals surface area contributed by atoms with Gasteiger partial charge in [-0.15, -0.1) is 0 Å². The van der Waals surface area contributed by atoms with E-state index in [-0.39, 0.29) is 23.2 Å². The number of carboxylic acid groups (broad SMARTS) is 1. The van der Waals surface area contributed by atoms with E-state index < -0.39 is 5.97 Å². The molecule has 1 aliphatic heterocycles. The van der Waals surface area contributed by atoms with Gasteiger partial charge in [-0.2, -0.15) is 0 Å². The third kappa shape index (κ3) is 5.91. The maximum atomic E-state index is 12.2. The Morgan fingerprint density at radius 2 is 1.76 bits per heavy atom. The van der Waals surface area contributed by atoms with Gasteiger partial charge in [0.25, 0.3) is 0 Å². The molecular formula is C15H28N2O4. The molecular weight excluding hydrogens is 272 g/mol. The molecule has 2 amide bonds. The highest BCUT2D eigenvalue weighted by molar-refractivity contribution is 5.74. The summed E-state index contributed by atoms with van der Waals surface area (Å²) in [6.07, 6.45) is 1.23. The summed E-state index contributed by atoms with van der Waals surface area (Å²) in [4.78, 5) is 24.7. The van der Waals surface area contributed by atoms with Gasteiger partial charge in [0.05, 0.1) is 30.2 Å². The monoisotopic (exact) mass is 300 g/mol. The third-order valence-electron chi connectivity index (χ3n) is 3.49. The molecule has 1 atom stereocenters. The quantitative estimate of drug-likeness (QED) is 0.762. The van der Waals surface area contributed by atoms with Crippen LogP contribution < -0.4 is 5.32 Å². The first-order valence-electron chi connectivity index (χ1n) is 7.48. The average molecular weight is 300 g/mol. The summed E-state index contributed by atoms with van der Waals surface area (Å²) in [5, 5.41) is 11.7. The number of nitrogens with one attached hydrogen (secondary N) is 1. The molecule has 0 spiro atoms. The first-order chi connectivity index (χ1) is 9.52. The second kappa shape index (κ2) is 6.64. The molecule has 1 unspecified atom stereocenters. The van der Waals surface area contributed by atoms with Crippen LogP contribution in [0, 0.1) is 5.92 Å². The number of carbonyl (C=O) groups is 2. The summed E-state index contributed by atoms with van der Waals surface area (Å²) in [7, 11) is 0. The Hall–Kier alpha value is -1.30. The molecule has 0 aliphatic carbocycles. The topological polar surface area (TPSA) is 78.9 Å². The Morgan fingerprint density at radius 3 is 2.24 bits per heavy atom. The van der Waals surface area contributed by atoms with Gasteiger partial charge in [-0.3, -0.25) is 4.79 Å². The number of hydrogen-bond acceptors (Lipinski definition) is 3. The van der Waals surface area contributed by atoms with Crippen molar-refractivity contribution in [2.24, 2.45) is 5.92 Å². The van der Waals surface area contributed by atoms with Crippen molar-refractivity contribution in [3.8, 4) is 0 Å². The van der Waals surface area contributed by atoms with Gasteiger partial charge in [0, 0.05) is 6.54 Å². The molecule has 0 aromatic heterocycles. The number of nitrogens with zero attached hydrogens (tertiary/aromatic N) is 1. The van der Waals surface area contributed by atoms with Crippen LogP contribution in [0.4, 0.5) is 4.79 Å². The van der Waals surface area contributed by atoms with Crippen LogP contribution >= 0.6 is 0 Å². The fraction of sp³-hybridized carbons (Fsp3) is 0.867. The standard InChI is InChI=1S/C15H28N2O4/c1-11(12(18)19)7-6-8-16-13(20)17-9-14(2,3)21-15(4,5)10-17/h11H,6-10H2,1-5H3,(H,16,20)(H,18,19). The van der Waals surface area contributed by atoms with E-state index in [0.717, 1.165) is 0 Å². The van der Waals surface area contributed by atoms with Crippen molar-refractivity contribution in [3.05, 3.63) is 0 Å². The molecule has 1 rings (SSSR count). The predicted molar refractivity (Wildman–Crippen MR) is 80.2 cm³/mol. The Morgan fingerprint density at radius 1 is 1.24 bits per heavy atom. The number of carboxylic acids is 1. The van der Waals surface area contributed by atoms with Gasteiger partial charge < -0.3 is 20.1 Å². The molecule has 0 saturated carbocycles. The average Bonchev–Trinajstić information content (AvgIpc) is 2.29. The molecule has 0 bridgehead atoms. The van der Waals surface area contributed by atoms with Crippen molar-refractivity contribution in [1.29, 1.82) is 0 Å². The first kappa shape index (κ1) is 17.8. The smallest absolute Gasteiger partial charge is 0.317 e. The molecule has 1 aliphatic rings. The molecule has 1 saturated heterocycles. The summed E-state index contributed by atoms with van der Waals surface area (Å²) >= 11 is 0. The van der Waals surface area contributed by atoms with E-state index in [1.54, 1.807) is 11.8 Å². The van der Waals surface area contributed by atoms with Crippen LogP contribution in [0.5, 0.6) is 0 Å². The van der Waals surface area contributed by atoms with Crippen molar-refractivity contribution in [3.63, 3.8) is 0 Å². The van der Waals surface area contributed by atoms with Gasteiger partial charge in [0.1, 0.15) is 0 Å². The highest BCUT2D eigenvalue weighted by atomic mass is 16.5. The van der Waals surface area contributed by atoms with Crippen LogP contribution in [-0.4, -0.2) is 52.8 Å². The number of morpholine rings is 1. The van der Waals surface area contributed by atoms with Crippen molar-refractivity contribution in [1.82, 2.24) is 10.2 Å². The fourth-order valence-electron chi connectivity index (χ4n) is 2.77. The molecule has 6 nitrogen and oxygen atoms in total. The summed E-state index contributed by atoms with van der Waals surface area (Å²) in [6, 6.07) is -0.109. The van der Waals surface area contributed by atoms with E-state index >= 15 is 0 Å². The number of ether oxygens (including phenoxy) is 1. The number of hydrogen-bond donors (Lipinski definition) is 2. The van der Waals surface area contributed by atoms with E-state index in [1.807, 2.05) is 27.7 Å². The number of aliphatic carboxylic acids is 1. The number of amides is 2. The van der Waals surface area contributed by atoms with Gasteiger partial charge in [0.2, 0.25) is 0 Å². The predicted octanol–water partition coefficient (Wildman–Crippen LogP) is 2.09. The maximum Gasteiger partial charge on any atom is 0.317 e. The summed E-state index contributed by atoms with van der Waals surface area (Å²) in [5.74, 6) is -1.17. The van der Waals surface area contributed by atoms with Crippen LogP contribution in [0.3, 0.4) is 0 Å². The van der Waals surface area contributed by atoms with Gasteiger partial charge in [0.15, 0.2) is 0 Å². The SMILES string of the molecule is CC(CCCNC(=O)N1CC(C)(C)OC(C)(C)C1)C(=O)O. The van der Waals surface area contributed by atoms with Crippen molar-refractivity contribution in [2.45, 2.75) is 58.7 Å². The fourth-order valence-corrected chi connectivity index (χ4v) is 2.77. The van der Waals surface area contributed by atoms with Crippen LogP contribution in [0.1, 0.15) is 47.5 Å². The van der Waals surface area contributed by atoms with Crippen molar-refractivity contribution >= 4 is 12.0 Å². The zero-order valence-corrected chi connectivity index (χ0v) is 13.7. The van der Waals surface area contributed by atoms with Crippen LogP contribution in [0.15, 0.2) is 0 Å². The normalized spacial score (nSPS) is 21.7. The Kier molecular flexibility index (Phi) is 5.61. The van der Waals surface area contributed by atoms with Crippen LogP contribution in [0.2, 0.25) is 0 Å². The molecule has 0 aromatic carbocycles. The number of urea groups is 1. The van der Waals surface area contributed by atoms with Gasteiger partial charge in [-0.1, -0.05) is 6.92 Å². The molecule has 1 fully saturated rings. The van der Waals surface area contributed by atoms with E-state index in [9.17, 15) is 9.59 Å². The lowest BCUT2D eigenvalue weighted by atomic mass is 9.99. The molecule has 2 N–H and O–H groups in total. The largest absolute Gasteiger partial charge is 0.481 e. The van der Waals surface area contributed by atoms with E-state index in [1.165, 1.54) is 0 Å². The van der Waals surface area contributed by atoms with Gasteiger partial charge >= 0.3 is 12.0 Å². The summed E-state index contributed by atoms with van der Waals surface area (Å²) < 4.78 is 5.94. The minimum absolute atomic E-state index is 0.109. The lowest BCUT2D eigenvalue weighted by Crippen LogP contribution is -2.60. The highest BCUT2D eigenvalue weighted by Crippen LogP contribution is 2.27. The number of rotatable bonds is 5. The lowest BCUT2D eigenvalue weighted by Gasteiger charge is -2.47. The lowest BCUT2D eigenvalue weighted by molar-refractivity contribution is -0.170. The molecule has 0 aromatic rings. The van der Waals surface area contributed by atoms with Gasteiger partial charge in [-0.25, -0.2) is 4.79 Å². The summed E-state index contributed by atoms with van der Waals surface area (Å²) in [6.45, 7) is 11.2. The Bertz CT molecular complexity index is 377. The minimum Gasteiger partial charge on any atom is -0.481 e. The maximum absolute atomic E-state index is 12.2. The summed E-state index contributed by atoms with van der Waals surface area (Å²) in [5.41, 5.74) is -0.728. The third-order valence-corrected chi connectivity index (χ3v) is 3.49. The second-order valence-corrected chi connectivity index (χ2v) is 7.09. The molecule has 6 heteroatoms. The van der Waals surface area contributed by atoms with E-state index in [0.29, 0.717) is 32.5 Å². The number of carbonyl (C=O) groups excluding carboxylic acids is 1. The Labute approximate surface area is 126 Å². The molecule has 21 heavy (non-hydrogen) atoms. The van der Waals surface area contributed by atoms with Crippen molar-refractivity contribution in [2.75, 3.05) is 19.6 Å². The molecule has 1 heterocycles. The zero-order chi connectivity index (χ0) is 16.3. The van der Waals surface area contributed by atoms with Crippen LogP contribution in [-0.2, 0) is 9.53 Å². The van der Waals surface area contributed by atoms with Crippen LogP contribution in [0.25, 0.3) is 0 Å². The molecule has 0 radical (unpaired) electrons.